The number of hydrogen-bond donors (Lipinski definition) is 0. The molecule has 0 saturated carbocycles. The van der Waals surface area contributed by atoms with E-state index in [0.29, 0.717) is 32.7 Å². The number of carbonyl (C=O) groups excluding carboxylic acids is 1. The van der Waals surface area contributed by atoms with Crippen molar-refractivity contribution in [2.45, 2.75) is 6.04 Å². The van der Waals surface area contributed by atoms with Crippen LogP contribution in [0.15, 0.2) is 48.5 Å². The van der Waals surface area contributed by atoms with Crippen LogP contribution in [-0.2, 0) is 4.79 Å². The van der Waals surface area contributed by atoms with E-state index in [1.165, 1.54) is 24.3 Å². The molecule has 1 fully saturated rings. The van der Waals surface area contributed by atoms with Gasteiger partial charge in [0.25, 0.3) is 0 Å². The maximum absolute atomic E-state index is 13.4. The fraction of sp³-hybridized carbons (Fsp3) is 0.381. The number of carbonyl (C=O) groups is 1. The van der Waals surface area contributed by atoms with Crippen LogP contribution in [0.1, 0.15) is 17.2 Å². The molecule has 2 aromatic carbocycles. The Morgan fingerprint density at radius 1 is 0.889 bits per heavy atom. The second kappa shape index (κ2) is 8.59. The summed E-state index contributed by atoms with van der Waals surface area (Å²) >= 11 is 0. The fourth-order valence-corrected chi connectivity index (χ4v) is 3.50. The van der Waals surface area contributed by atoms with Gasteiger partial charge in [0.15, 0.2) is 0 Å². The number of likely N-dealkylation sites (N-methyl/N-ethyl adjacent to an activating group) is 1. The molecule has 0 atom stereocenters. The van der Waals surface area contributed by atoms with E-state index in [9.17, 15) is 13.6 Å². The Morgan fingerprint density at radius 2 is 1.33 bits per heavy atom. The van der Waals surface area contributed by atoms with E-state index < -0.39 is 0 Å². The number of amides is 1. The molecule has 0 unspecified atom stereocenters. The predicted octanol–water partition coefficient (Wildman–Crippen LogP) is 2.76. The third kappa shape index (κ3) is 4.90. The van der Waals surface area contributed by atoms with Crippen LogP contribution in [0.25, 0.3) is 0 Å². The monoisotopic (exact) mass is 373 g/mol. The summed E-state index contributed by atoms with van der Waals surface area (Å²) in [5.74, 6) is -0.439. The smallest absolute Gasteiger partial charge is 0.236 e. The van der Waals surface area contributed by atoms with Crippen LogP contribution in [0.2, 0.25) is 0 Å². The van der Waals surface area contributed by atoms with Crippen molar-refractivity contribution < 1.29 is 13.6 Å². The first-order valence-electron chi connectivity index (χ1n) is 9.11. The highest BCUT2D eigenvalue weighted by Crippen LogP contribution is 2.30. The lowest BCUT2D eigenvalue weighted by Crippen LogP contribution is -2.51. The maximum atomic E-state index is 13.4. The molecule has 1 aliphatic heterocycles. The van der Waals surface area contributed by atoms with Crippen molar-refractivity contribution in [1.29, 1.82) is 0 Å². The minimum absolute atomic E-state index is 0.0997. The molecule has 0 radical (unpaired) electrons. The van der Waals surface area contributed by atoms with Gasteiger partial charge in [-0.15, -0.1) is 0 Å². The van der Waals surface area contributed by atoms with Crippen molar-refractivity contribution >= 4 is 5.91 Å². The van der Waals surface area contributed by atoms with Crippen molar-refractivity contribution in [1.82, 2.24) is 14.7 Å². The highest BCUT2D eigenvalue weighted by molar-refractivity contribution is 5.78. The van der Waals surface area contributed by atoms with Gasteiger partial charge in [0.05, 0.1) is 12.6 Å². The molecule has 0 aromatic heterocycles. The molecule has 4 nitrogen and oxygen atoms in total. The fourth-order valence-electron chi connectivity index (χ4n) is 3.50. The van der Waals surface area contributed by atoms with Crippen molar-refractivity contribution in [3.63, 3.8) is 0 Å². The third-order valence-electron chi connectivity index (χ3n) is 4.86. The molecule has 144 valence electrons. The summed E-state index contributed by atoms with van der Waals surface area (Å²) in [6, 6.07) is 12.8. The van der Waals surface area contributed by atoms with Crippen LogP contribution >= 0.6 is 0 Å². The van der Waals surface area contributed by atoms with Gasteiger partial charge in [0.1, 0.15) is 11.6 Å². The lowest BCUT2D eigenvalue weighted by Gasteiger charge is -2.40. The Morgan fingerprint density at radius 3 is 1.74 bits per heavy atom. The van der Waals surface area contributed by atoms with Gasteiger partial charge in [-0.25, -0.2) is 8.78 Å². The average molecular weight is 373 g/mol. The summed E-state index contributed by atoms with van der Waals surface area (Å²) in [5.41, 5.74) is 1.91. The zero-order chi connectivity index (χ0) is 19.4. The van der Waals surface area contributed by atoms with Gasteiger partial charge >= 0.3 is 0 Å². The number of nitrogens with zero attached hydrogens (tertiary/aromatic N) is 3. The van der Waals surface area contributed by atoms with E-state index in [1.54, 1.807) is 24.3 Å². The molecule has 0 N–H and O–H groups in total. The van der Waals surface area contributed by atoms with Crippen molar-refractivity contribution in [3.8, 4) is 0 Å². The lowest BCUT2D eigenvalue weighted by atomic mass is 9.96. The van der Waals surface area contributed by atoms with Crippen molar-refractivity contribution in [2.75, 3.05) is 46.8 Å². The third-order valence-corrected chi connectivity index (χ3v) is 4.86. The van der Waals surface area contributed by atoms with Crippen LogP contribution in [-0.4, -0.2) is 67.4 Å². The predicted molar refractivity (Wildman–Crippen MR) is 101 cm³/mol. The molecule has 2 aromatic rings. The standard InChI is InChI=1S/C21H25F2N3O/c1-24(2)15-20(27)25-11-13-26(14-12-25)21(16-3-7-18(22)8-4-16)17-5-9-19(23)10-6-17/h3-10,21H,11-15H2,1-2H3. The van der Waals surface area contributed by atoms with E-state index in [4.69, 9.17) is 0 Å². The zero-order valence-corrected chi connectivity index (χ0v) is 15.7. The molecule has 6 heteroatoms. The molecule has 0 spiro atoms. The summed E-state index contributed by atoms with van der Waals surface area (Å²) in [5, 5.41) is 0. The maximum Gasteiger partial charge on any atom is 0.236 e. The lowest BCUT2D eigenvalue weighted by molar-refractivity contribution is -0.133. The number of benzene rings is 2. The minimum Gasteiger partial charge on any atom is -0.339 e. The normalized spacial score (nSPS) is 15.6. The van der Waals surface area contributed by atoms with Crippen LogP contribution in [0.3, 0.4) is 0 Å². The summed E-state index contributed by atoms with van der Waals surface area (Å²) < 4.78 is 26.8. The van der Waals surface area contributed by atoms with E-state index in [1.807, 2.05) is 23.9 Å². The quantitative estimate of drug-likeness (QED) is 0.806. The van der Waals surface area contributed by atoms with Crippen LogP contribution in [0.5, 0.6) is 0 Å². The Balaban J connectivity index is 1.79. The molecule has 1 heterocycles. The first-order chi connectivity index (χ1) is 12.9. The van der Waals surface area contributed by atoms with E-state index in [-0.39, 0.29) is 23.6 Å². The number of halogens is 2. The molecule has 0 bridgehead atoms. The van der Waals surface area contributed by atoms with Crippen molar-refractivity contribution in [2.24, 2.45) is 0 Å². The number of piperazine rings is 1. The minimum atomic E-state index is -0.282. The highest BCUT2D eigenvalue weighted by atomic mass is 19.1. The summed E-state index contributed by atoms with van der Waals surface area (Å²) in [6.45, 7) is 3.10. The Hall–Kier alpha value is -2.31. The SMILES string of the molecule is CN(C)CC(=O)N1CCN(C(c2ccc(F)cc2)c2ccc(F)cc2)CC1. The van der Waals surface area contributed by atoms with Gasteiger partial charge in [0.2, 0.25) is 5.91 Å². The average Bonchev–Trinajstić information content (AvgIpc) is 2.65. The van der Waals surface area contributed by atoms with Crippen LogP contribution < -0.4 is 0 Å². The van der Waals surface area contributed by atoms with Gasteiger partial charge in [-0.3, -0.25) is 9.69 Å². The number of hydrogen-bond acceptors (Lipinski definition) is 3. The Labute approximate surface area is 159 Å². The molecule has 1 aliphatic rings. The molecular weight excluding hydrogens is 348 g/mol. The van der Waals surface area contributed by atoms with Gasteiger partial charge in [-0.05, 0) is 49.5 Å². The van der Waals surface area contributed by atoms with Gasteiger partial charge in [0, 0.05) is 26.2 Å². The van der Waals surface area contributed by atoms with Crippen LogP contribution in [0.4, 0.5) is 8.78 Å². The Bertz CT molecular complexity index is 709. The molecule has 27 heavy (non-hydrogen) atoms. The first-order valence-corrected chi connectivity index (χ1v) is 9.11. The van der Waals surface area contributed by atoms with Gasteiger partial charge < -0.3 is 9.80 Å². The van der Waals surface area contributed by atoms with E-state index >= 15 is 0 Å². The second-order valence-corrected chi connectivity index (χ2v) is 7.16. The molecular formula is C21H25F2N3O. The highest BCUT2D eigenvalue weighted by Gasteiger charge is 2.28. The van der Waals surface area contributed by atoms with Gasteiger partial charge in [-0.1, -0.05) is 24.3 Å². The molecule has 3 rings (SSSR count). The van der Waals surface area contributed by atoms with E-state index in [0.717, 1.165) is 11.1 Å². The molecule has 1 saturated heterocycles. The van der Waals surface area contributed by atoms with E-state index in [2.05, 4.69) is 4.90 Å². The topological polar surface area (TPSA) is 26.8 Å². The summed E-state index contributed by atoms with van der Waals surface area (Å²) in [7, 11) is 3.76. The van der Waals surface area contributed by atoms with Crippen LogP contribution in [0, 0.1) is 11.6 Å². The molecule has 1 amide bonds. The number of rotatable bonds is 5. The van der Waals surface area contributed by atoms with Gasteiger partial charge in [-0.2, -0.15) is 0 Å². The zero-order valence-electron chi connectivity index (χ0n) is 15.7. The first kappa shape index (κ1) is 19.5. The summed E-state index contributed by atoms with van der Waals surface area (Å²) in [6.07, 6.45) is 0. The summed E-state index contributed by atoms with van der Waals surface area (Å²) in [4.78, 5) is 18.3. The van der Waals surface area contributed by atoms with Crippen molar-refractivity contribution in [3.05, 3.63) is 71.3 Å². The molecule has 0 aliphatic carbocycles. The Kier molecular flexibility index (Phi) is 6.19. The largest absolute Gasteiger partial charge is 0.339 e. The second-order valence-electron chi connectivity index (χ2n) is 7.16.